The molecule has 0 spiro atoms. The number of amides is 2. The molecule has 0 saturated heterocycles. The second-order valence-corrected chi connectivity index (χ2v) is 6.57. The summed E-state index contributed by atoms with van der Waals surface area (Å²) >= 11 is 0. The summed E-state index contributed by atoms with van der Waals surface area (Å²) in [4.78, 5) is 28.8. The summed E-state index contributed by atoms with van der Waals surface area (Å²) in [7, 11) is 0. The van der Waals surface area contributed by atoms with Gasteiger partial charge in [-0.1, -0.05) is 37.3 Å². The van der Waals surface area contributed by atoms with E-state index in [9.17, 15) is 9.59 Å². The van der Waals surface area contributed by atoms with E-state index in [1.165, 1.54) is 11.8 Å². The van der Waals surface area contributed by atoms with Gasteiger partial charge in [-0.05, 0) is 54.8 Å². The first kappa shape index (κ1) is 19.3. The predicted molar refractivity (Wildman–Crippen MR) is 110 cm³/mol. The summed E-state index contributed by atoms with van der Waals surface area (Å²) in [6.07, 6.45) is 4.09. The summed E-state index contributed by atoms with van der Waals surface area (Å²) in [6, 6.07) is 18.4. The van der Waals surface area contributed by atoms with Crippen molar-refractivity contribution in [2.75, 3.05) is 5.32 Å². The summed E-state index contributed by atoms with van der Waals surface area (Å²) < 4.78 is 0. The van der Waals surface area contributed by atoms with Gasteiger partial charge in [0.25, 0.3) is 11.8 Å². The molecule has 0 fully saturated rings. The molecule has 5 heteroatoms. The Hall–Kier alpha value is -3.47. The highest BCUT2D eigenvalue weighted by atomic mass is 16.2. The third-order valence-electron chi connectivity index (χ3n) is 4.54. The number of carbonyl (C=O) groups is 2. The van der Waals surface area contributed by atoms with Gasteiger partial charge in [-0.3, -0.25) is 14.6 Å². The smallest absolute Gasteiger partial charge is 0.257 e. The van der Waals surface area contributed by atoms with Gasteiger partial charge >= 0.3 is 0 Å². The van der Waals surface area contributed by atoms with Crippen molar-refractivity contribution in [2.45, 2.75) is 26.3 Å². The monoisotopic (exact) mass is 373 g/mol. The van der Waals surface area contributed by atoms with Crippen molar-refractivity contribution in [1.82, 2.24) is 10.3 Å². The first-order valence-electron chi connectivity index (χ1n) is 9.28. The molecular formula is C23H23N3O2. The summed E-state index contributed by atoms with van der Waals surface area (Å²) in [6.45, 7) is 4.06. The first-order chi connectivity index (χ1) is 13.6. The Bertz CT molecular complexity index is 953. The SMILES string of the molecule is CCc1ccc([C@@H](C)NC(=O)c2cccc(NC(=O)c3cccnc3)c2)cc1. The van der Waals surface area contributed by atoms with E-state index >= 15 is 0 Å². The van der Waals surface area contributed by atoms with Gasteiger partial charge in [-0.2, -0.15) is 0 Å². The number of nitrogens with one attached hydrogen (secondary N) is 2. The van der Waals surface area contributed by atoms with E-state index in [0.29, 0.717) is 16.8 Å². The van der Waals surface area contributed by atoms with Gasteiger partial charge in [-0.15, -0.1) is 0 Å². The van der Waals surface area contributed by atoms with Crippen molar-refractivity contribution in [3.8, 4) is 0 Å². The molecule has 1 aromatic heterocycles. The maximum absolute atomic E-state index is 12.6. The standard InChI is InChI=1S/C23H23N3O2/c1-3-17-9-11-18(12-10-17)16(2)25-22(27)19-6-4-8-21(14-19)26-23(28)20-7-5-13-24-15-20/h4-16H,3H2,1-2H3,(H,25,27)(H,26,28)/t16-/m1/s1. The van der Waals surface area contributed by atoms with E-state index in [0.717, 1.165) is 12.0 Å². The maximum atomic E-state index is 12.6. The van der Waals surface area contributed by atoms with Gasteiger partial charge in [0.1, 0.15) is 0 Å². The van der Waals surface area contributed by atoms with Gasteiger partial charge in [0.15, 0.2) is 0 Å². The van der Waals surface area contributed by atoms with Crippen LogP contribution in [0.4, 0.5) is 5.69 Å². The van der Waals surface area contributed by atoms with Crippen molar-refractivity contribution in [1.29, 1.82) is 0 Å². The molecule has 28 heavy (non-hydrogen) atoms. The quantitative estimate of drug-likeness (QED) is 0.673. The molecule has 3 aromatic rings. The molecule has 0 aliphatic heterocycles. The number of pyridine rings is 1. The van der Waals surface area contributed by atoms with Crippen LogP contribution < -0.4 is 10.6 Å². The molecule has 142 valence electrons. The highest BCUT2D eigenvalue weighted by Crippen LogP contribution is 2.16. The van der Waals surface area contributed by atoms with E-state index in [1.807, 2.05) is 19.1 Å². The Kier molecular flexibility index (Phi) is 6.17. The summed E-state index contributed by atoms with van der Waals surface area (Å²) in [5.74, 6) is -0.459. The minimum absolute atomic E-state index is 0.118. The highest BCUT2D eigenvalue weighted by Gasteiger charge is 2.13. The van der Waals surface area contributed by atoms with E-state index < -0.39 is 0 Å². The number of benzene rings is 2. The van der Waals surface area contributed by atoms with Crippen LogP contribution in [-0.4, -0.2) is 16.8 Å². The molecule has 2 aromatic carbocycles. The largest absolute Gasteiger partial charge is 0.346 e. The lowest BCUT2D eigenvalue weighted by molar-refractivity contribution is 0.0938. The minimum Gasteiger partial charge on any atom is -0.346 e. The second kappa shape index (κ2) is 8.95. The molecule has 2 amide bonds. The number of carbonyl (C=O) groups excluding carboxylic acids is 2. The Morgan fingerprint density at radius 3 is 2.39 bits per heavy atom. The van der Waals surface area contributed by atoms with Crippen LogP contribution >= 0.6 is 0 Å². The molecule has 1 atom stereocenters. The van der Waals surface area contributed by atoms with E-state index in [-0.39, 0.29) is 17.9 Å². The fraction of sp³-hybridized carbons (Fsp3) is 0.174. The van der Waals surface area contributed by atoms with Crippen LogP contribution in [-0.2, 0) is 6.42 Å². The fourth-order valence-corrected chi connectivity index (χ4v) is 2.84. The molecule has 5 nitrogen and oxygen atoms in total. The van der Waals surface area contributed by atoms with Crippen LogP contribution in [0, 0.1) is 0 Å². The fourth-order valence-electron chi connectivity index (χ4n) is 2.84. The van der Waals surface area contributed by atoms with Crippen LogP contribution in [0.5, 0.6) is 0 Å². The topological polar surface area (TPSA) is 71.1 Å². The van der Waals surface area contributed by atoms with E-state index in [4.69, 9.17) is 0 Å². The van der Waals surface area contributed by atoms with Gasteiger partial charge < -0.3 is 10.6 Å². The van der Waals surface area contributed by atoms with Crippen molar-refractivity contribution < 1.29 is 9.59 Å². The molecule has 0 unspecified atom stereocenters. The number of aromatic nitrogens is 1. The molecule has 0 aliphatic carbocycles. The Morgan fingerprint density at radius 2 is 1.71 bits per heavy atom. The van der Waals surface area contributed by atoms with Gasteiger partial charge in [0.2, 0.25) is 0 Å². The third-order valence-corrected chi connectivity index (χ3v) is 4.54. The van der Waals surface area contributed by atoms with Crippen LogP contribution in [0.2, 0.25) is 0 Å². The molecule has 0 bridgehead atoms. The average Bonchev–Trinajstić information content (AvgIpc) is 2.74. The Balaban J connectivity index is 1.67. The van der Waals surface area contributed by atoms with E-state index in [2.05, 4.69) is 34.7 Å². The number of anilines is 1. The molecule has 0 aliphatic rings. The van der Waals surface area contributed by atoms with Crippen molar-refractivity contribution in [3.63, 3.8) is 0 Å². The molecule has 0 saturated carbocycles. The Morgan fingerprint density at radius 1 is 0.964 bits per heavy atom. The number of hydrogen-bond acceptors (Lipinski definition) is 3. The Labute approximate surface area is 164 Å². The number of aryl methyl sites for hydroxylation is 1. The zero-order valence-corrected chi connectivity index (χ0v) is 16.0. The average molecular weight is 373 g/mol. The van der Waals surface area contributed by atoms with Crippen molar-refractivity contribution in [3.05, 3.63) is 95.3 Å². The molecule has 3 rings (SSSR count). The third kappa shape index (κ3) is 4.82. The lowest BCUT2D eigenvalue weighted by Crippen LogP contribution is -2.26. The zero-order valence-electron chi connectivity index (χ0n) is 16.0. The van der Waals surface area contributed by atoms with Gasteiger partial charge in [0, 0.05) is 23.6 Å². The summed E-state index contributed by atoms with van der Waals surface area (Å²) in [5.41, 5.74) is 3.81. The first-order valence-corrected chi connectivity index (χ1v) is 9.28. The van der Waals surface area contributed by atoms with Crippen molar-refractivity contribution in [2.24, 2.45) is 0 Å². The minimum atomic E-state index is -0.268. The molecule has 1 heterocycles. The lowest BCUT2D eigenvalue weighted by atomic mass is 10.0. The maximum Gasteiger partial charge on any atom is 0.257 e. The van der Waals surface area contributed by atoms with Crippen LogP contribution in [0.1, 0.15) is 51.7 Å². The number of rotatable bonds is 6. The van der Waals surface area contributed by atoms with E-state index in [1.54, 1.807) is 42.6 Å². The van der Waals surface area contributed by atoms with Crippen molar-refractivity contribution >= 4 is 17.5 Å². The van der Waals surface area contributed by atoms with Crippen LogP contribution in [0.25, 0.3) is 0 Å². The number of nitrogens with zero attached hydrogens (tertiary/aromatic N) is 1. The molecule has 0 radical (unpaired) electrons. The van der Waals surface area contributed by atoms with Crippen LogP contribution in [0.15, 0.2) is 73.1 Å². The summed E-state index contributed by atoms with van der Waals surface area (Å²) in [5, 5.41) is 5.79. The predicted octanol–water partition coefficient (Wildman–Crippen LogP) is 4.39. The zero-order chi connectivity index (χ0) is 19.9. The normalized spacial score (nSPS) is 11.5. The van der Waals surface area contributed by atoms with Gasteiger partial charge in [0.05, 0.1) is 11.6 Å². The molecular weight excluding hydrogens is 350 g/mol. The van der Waals surface area contributed by atoms with Gasteiger partial charge in [-0.25, -0.2) is 0 Å². The second-order valence-electron chi connectivity index (χ2n) is 6.57. The highest BCUT2D eigenvalue weighted by molar-refractivity contribution is 6.04. The number of hydrogen-bond donors (Lipinski definition) is 2. The molecule has 2 N–H and O–H groups in total. The lowest BCUT2D eigenvalue weighted by Gasteiger charge is -2.15. The van der Waals surface area contributed by atoms with Crippen LogP contribution in [0.3, 0.4) is 0 Å².